The molecular formula is C16H13N3O4S. The van der Waals surface area contributed by atoms with E-state index in [9.17, 15) is 9.59 Å². The molecule has 0 saturated carbocycles. The molecule has 0 spiro atoms. The number of carbonyl (C=O) groups is 2. The van der Waals surface area contributed by atoms with Crippen molar-refractivity contribution in [1.82, 2.24) is 10.2 Å². The predicted molar refractivity (Wildman–Crippen MR) is 87.7 cm³/mol. The zero-order valence-corrected chi connectivity index (χ0v) is 13.5. The molecule has 0 aliphatic heterocycles. The molecule has 0 radical (unpaired) electrons. The van der Waals surface area contributed by atoms with Crippen LogP contribution >= 0.6 is 11.3 Å². The van der Waals surface area contributed by atoms with Crippen molar-refractivity contribution in [3.05, 3.63) is 52.2 Å². The molecule has 1 aromatic carbocycles. The Labute approximate surface area is 141 Å². The molecule has 0 fully saturated rings. The average molecular weight is 343 g/mol. The number of rotatable bonds is 5. The van der Waals surface area contributed by atoms with Gasteiger partial charge in [0.25, 0.3) is 5.91 Å². The van der Waals surface area contributed by atoms with Crippen LogP contribution in [0.2, 0.25) is 0 Å². The second kappa shape index (κ2) is 7.05. The van der Waals surface area contributed by atoms with Gasteiger partial charge in [0.1, 0.15) is 4.88 Å². The third-order valence-corrected chi connectivity index (χ3v) is 3.95. The summed E-state index contributed by atoms with van der Waals surface area (Å²) >= 11 is 1.31. The van der Waals surface area contributed by atoms with Gasteiger partial charge in [-0.3, -0.25) is 10.1 Å². The number of hydrogen-bond acceptors (Lipinski definition) is 7. The highest BCUT2D eigenvalue weighted by Gasteiger charge is 2.14. The van der Waals surface area contributed by atoms with Crippen LogP contribution in [0.3, 0.4) is 0 Å². The van der Waals surface area contributed by atoms with Crippen LogP contribution in [0, 0.1) is 6.92 Å². The van der Waals surface area contributed by atoms with E-state index in [1.807, 2.05) is 43.3 Å². The number of esters is 1. The van der Waals surface area contributed by atoms with Crippen LogP contribution in [-0.2, 0) is 9.53 Å². The van der Waals surface area contributed by atoms with Crippen LogP contribution in [0.25, 0.3) is 11.5 Å². The molecule has 1 N–H and O–H groups in total. The molecule has 3 rings (SSSR count). The van der Waals surface area contributed by atoms with Gasteiger partial charge in [-0.15, -0.1) is 16.4 Å². The molecule has 0 aliphatic carbocycles. The van der Waals surface area contributed by atoms with Crippen LogP contribution in [0.15, 0.2) is 46.9 Å². The highest BCUT2D eigenvalue weighted by Crippen LogP contribution is 2.19. The number of nitrogens with one attached hydrogen (secondary N) is 1. The summed E-state index contributed by atoms with van der Waals surface area (Å²) in [5.74, 6) is -0.810. The average Bonchev–Trinajstić information content (AvgIpc) is 3.23. The molecule has 0 saturated heterocycles. The third kappa shape index (κ3) is 3.85. The zero-order chi connectivity index (χ0) is 16.9. The second-order valence-electron chi connectivity index (χ2n) is 4.81. The number of nitrogens with zero attached hydrogens (tertiary/aromatic N) is 2. The summed E-state index contributed by atoms with van der Waals surface area (Å²) in [6.45, 7) is 1.45. The summed E-state index contributed by atoms with van der Waals surface area (Å²) in [4.78, 5) is 25.0. The smallest absolute Gasteiger partial charge is 0.348 e. The second-order valence-corrected chi connectivity index (χ2v) is 6.10. The lowest BCUT2D eigenvalue weighted by Gasteiger charge is -2.02. The molecule has 3 aromatic rings. The van der Waals surface area contributed by atoms with E-state index in [-0.39, 0.29) is 11.9 Å². The molecule has 2 heterocycles. The van der Waals surface area contributed by atoms with E-state index in [0.717, 1.165) is 10.4 Å². The molecule has 2 aromatic heterocycles. The number of carbonyl (C=O) groups excluding carboxylic acids is 2. The van der Waals surface area contributed by atoms with E-state index in [1.165, 1.54) is 11.3 Å². The lowest BCUT2D eigenvalue weighted by Crippen LogP contribution is -2.20. The van der Waals surface area contributed by atoms with Gasteiger partial charge in [-0.2, -0.15) is 0 Å². The standard InChI is InChI=1S/C16H13N3O4S/c1-10-7-8-12(24-10)15(21)22-9-13(20)17-16-19-18-14(23-16)11-5-3-2-4-6-11/h2-8H,9H2,1H3,(H,17,19,20). The van der Waals surface area contributed by atoms with Crippen molar-refractivity contribution >= 4 is 29.2 Å². The molecule has 0 aliphatic rings. The maximum Gasteiger partial charge on any atom is 0.348 e. The fourth-order valence-electron chi connectivity index (χ4n) is 1.87. The molecule has 8 heteroatoms. The number of hydrogen-bond donors (Lipinski definition) is 1. The fraction of sp³-hybridized carbons (Fsp3) is 0.125. The first kappa shape index (κ1) is 15.9. The Kier molecular flexibility index (Phi) is 4.66. The van der Waals surface area contributed by atoms with Crippen molar-refractivity contribution in [1.29, 1.82) is 0 Å². The number of ether oxygens (including phenoxy) is 1. The van der Waals surface area contributed by atoms with Crippen molar-refractivity contribution in [2.24, 2.45) is 0 Å². The Morgan fingerprint density at radius 3 is 2.67 bits per heavy atom. The SMILES string of the molecule is Cc1ccc(C(=O)OCC(=O)Nc2nnc(-c3ccccc3)o2)s1. The Morgan fingerprint density at radius 1 is 1.17 bits per heavy atom. The van der Waals surface area contributed by atoms with E-state index in [2.05, 4.69) is 15.5 Å². The molecule has 0 bridgehead atoms. The minimum absolute atomic E-state index is 0.0538. The van der Waals surface area contributed by atoms with Crippen LogP contribution in [0.4, 0.5) is 6.01 Å². The van der Waals surface area contributed by atoms with Gasteiger partial charge < -0.3 is 9.15 Å². The lowest BCUT2D eigenvalue weighted by atomic mass is 10.2. The molecular weight excluding hydrogens is 330 g/mol. The quantitative estimate of drug-likeness (QED) is 0.716. The van der Waals surface area contributed by atoms with E-state index >= 15 is 0 Å². The number of anilines is 1. The highest BCUT2D eigenvalue weighted by molar-refractivity contribution is 7.13. The Balaban J connectivity index is 1.54. The van der Waals surface area contributed by atoms with Crippen molar-refractivity contribution < 1.29 is 18.7 Å². The van der Waals surface area contributed by atoms with E-state index in [1.54, 1.807) is 6.07 Å². The minimum Gasteiger partial charge on any atom is -0.451 e. The molecule has 1 amide bonds. The van der Waals surface area contributed by atoms with E-state index in [0.29, 0.717) is 4.88 Å². The highest BCUT2D eigenvalue weighted by atomic mass is 32.1. The van der Waals surface area contributed by atoms with Gasteiger partial charge in [0.15, 0.2) is 6.61 Å². The maximum absolute atomic E-state index is 11.8. The third-order valence-electron chi connectivity index (χ3n) is 2.97. The topological polar surface area (TPSA) is 94.3 Å². The largest absolute Gasteiger partial charge is 0.451 e. The molecule has 7 nitrogen and oxygen atoms in total. The maximum atomic E-state index is 11.8. The van der Waals surface area contributed by atoms with Crippen LogP contribution in [0.1, 0.15) is 14.5 Å². The van der Waals surface area contributed by atoms with Crippen molar-refractivity contribution in [2.75, 3.05) is 11.9 Å². The number of thiophene rings is 1. The zero-order valence-electron chi connectivity index (χ0n) is 12.7. The number of aromatic nitrogens is 2. The number of benzene rings is 1. The number of amides is 1. The van der Waals surface area contributed by atoms with E-state index < -0.39 is 18.5 Å². The summed E-state index contributed by atoms with van der Waals surface area (Å²) in [5.41, 5.74) is 0.741. The molecule has 0 unspecified atom stereocenters. The summed E-state index contributed by atoms with van der Waals surface area (Å²) in [5, 5.41) is 9.97. The molecule has 24 heavy (non-hydrogen) atoms. The first-order chi connectivity index (χ1) is 11.6. The van der Waals surface area contributed by atoms with E-state index in [4.69, 9.17) is 9.15 Å². The predicted octanol–water partition coefficient (Wildman–Crippen LogP) is 2.90. The van der Waals surface area contributed by atoms with Crippen molar-refractivity contribution in [2.45, 2.75) is 6.92 Å². The Morgan fingerprint density at radius 2 is 1.96 bits per heavy atom. The number of aryl methyl sites for hydroxylation is 1. The van der Waals surface area contributed by atoms with Crippen LogP contribution in [-0.4, -0.2) is 28.7 Å². The fourth-order valence-corrected chi connectivity index (χ4v) is 2.63. The summed E-state index contributed by atoms with van der Waals surface area (Å²) < 4.78 is 10.3. The van der Waals surface area contributed by atoms with Gasteiger partial charge in [-0.1, -0.05) is 23.3 Å². The normalized spacial score (nSPS) is 10.4. The Bertz CT molecular complexity index is 857. The van der Waals surface area contributed by atoms with Crippen LogP contribution < -0.4 is 5.32 Å². The first-order valence-corrected chi connectivity index (χ1v) is 7.86. The summed E-state index contributed by atoms with van der Waals surface area (Å²) in [7, 11) is 0. The summed E-state index contributed by atoms with van der Waals surface area (Å²) in [6.07, 6.45) is 0. The van der Waals surface area contributed by atoms with Gasteiger partial charge in [-0.05, 0) is 31.2 Å². The summed E-state index contributed by atoms with van der Waals surface area (Å²) in [6, 6.07) is 12.6. The molecule has 122 valence electrons. The van der Waals surface area contributed by atoms with Crippen molar-refractivity contribution in [3.8, 4) is 11.5 Å². The molecule has 0 atom stereocenters. The van der Waals surface area contributed by atoms with Gasteiger partial charge >= 0.3 is 12.0 Å². The van der Waals surface area contributed by atoms with Gasteiger partial charge in [0, 0.05) is 10.4 Å². The van der Waals surface area contributed by atoms with Gasteiger partial charge in [-0.25, -0.2) is 4.79 Å². The van der Waals surface area contributed by atoms with Gasteiger partial charge in [0.2, 0.25) is 5.89 Å². The van der Waals surface area contributed by atoms with Crippen LogP contribution in [0.5, 0.6) is 0 Å². The monoisotopic (exact) mass is 343 g/mol. The van der Waals surface area contributed by atoms with Crippen molar-refractivity contribution in [3.63, 3.8) is 0 Å². The van der Waals surface area contributed by atoms with Gasteiger partial charge in [0.05, 0.1) is 0 Å². The lowest BCUT2D eigenvalue weighted by molar-refractivity contribution is -0.119. The minimum atomic E-state index is -0.556. The first-order valence-electron chi connectivity index (χ1n) is 7.04. The Hall–Kier alpha value is -3.00.